The zero-order valence-corrected chi connectivity index (χ0v) is 15.5. The maximum Gasteiger partial charge on any atom is 0.276 e. The Balaban J connectivity index is 1.60. The lowest BCUT2D eigenvalue weighted by Gasteiger charge is -2.21. The summed E-state index contributed by atoms with van der Waals surface area (Å²) in [6.45, 7) is 2.05. The molecule has 136 valence electrons. The van der Waals surface area contributed by atoms with Gasteiger partial charge in [-0.15, -0.1) is 11.3 Å². The summed E-state index contributed by atoms with van der Waals surface area (Å²) in [5.74, 6) is 1.51. The number of aromatic nitrogens is 2. The number of oxazole rings is 1. The minimum absolute atomic E-state index is 0.130. The van der Waals surface area contributed by atoms with E-state index in [1.54, 1.807) is 49.5 Å². The van der Waals surface area contributed by atoms with Crippen molar-refractivity contribution in [3.63, 3.8) is 0 Å². The highest BCUT2D eigenvalue weighted by Gasteiger charge is 2.23. The largest absolute Gasteiger partial charge is 0.497 e. The van der Waals surface area contributed by atoms with Gasteiger partial charge in [0.25, 0.3) is 5.91 Å². The fourth-order valence-corrected chi connectivity index (χ4v) is 2.99. The van der Waals surface area contributed by atoms with Gasteiger partial charge in [0.2, 0.25) is 5.89 Å². The fraction of sp³-hybridized carbons (Fsp3) is 0.278. The SMILES string of the molecule is COc1ccc(OCc2nc(C(=O)N(C)C(C)c3nccs3)co2)cc1. The minimum atomic E-state index is -0.229. The van der Waals surface area contributed by atoms with E-state index in [1.165, 1.54) is 17.6 Å². The minimum Gasteiger partial charge on any atom is -0.497 e. The van der Waals surface area contributed by atoms with E-state index in [2.05, 4.69) is 9.97 Å². The van der Waals surface area contributed by atoms with Gasteiger partial charge in [-0.05, 0) is 31.2 Å². The Morgan fingerprint density at radius 2 is 2.04 bits per heavy atom. The summed E-state index contributed by atoms with van der Waals surface area (Å²) >= 11 is 1.51. The normalized spacial score (nSPS) is 11.8. The molecule has 0 saturated heterocycles. The maximum atomic E-state index is 12.6. The van der Waals surface area contributed by atoms with Gasteiger partial charge in [0.15, 0.2) is 12.3 Å². The monoisotopic (exact) mass is 373 g/mol. The fourth-order valence-electron chi connectivity index (χ4n) is 2.26. The first kappa shape index (κ1) is 17.9. The molecule has 1 amide bonds. The molecule has 1 unspecified atom stereocenters. The number of rotatable bonds is 7. The first-order chi connectivity index (χ1) is 12.6. The van der Waals surface area contributed by atoms with Crippen molar-refractivity contribution in [2.75, 3.05) is 14.2 Å². The van der Waals surface area contributed by atoms with E-state index in [0.29, 0.717) is 11.6 Å². The topological polar surface area (TPSA) is 77.7 Å². The van der Waals surface area contributed by atoms with Crippen molar-refractivity contribution in [2.45, 2.75) is 19.6 Å². The molecular weight excluding hydrogens is 354 g/mol. The first-order valence-corrected chi connectivity index (χ1v) is 8.84. The van der Waals surface area contributed by atoms with Gasteiger partial charge in [-0.1, -0.05) is 0 Å². The molecule has 8 heteroatoms. The lowest BCUT2D eigenvalue weighted by atomic mass is 10.3. The maximum absolute atomic E-state index is 12.6. The van der Waals surface area contributed by atoms with E-state index in [4.69, 9.17) is 13.9 Å². The molecule has 0 aliphatic carbocycles. The van der Waals surface area contributed by atoms with Gasteiger partial charge in [-0.2, -0.15) is 0 Å². The van der Waals surface area contributed by atoms with Crippen molar-refractivity contribution in [3.8, 4) is 11.5 Å². The highest BCUT2D eigenvalue weighted by Crippen LogP contribution is 2.22. The standard InChI is InChI=1S/C18H19N3O4S/c1-12(17-19-8-9-26-17)21(2)18(22)15-10-25-16(20-15)11-24-14-6-4-13(23-3)5-7-14/h4-10,12H,11H2,1-3H3. The Bertz CT molecular complexity index is 846. The Morgan fingerprint density at radius 1 is 1.31 bits per heavy atom. The molecule has 1 atom stereocenters. The van der Waals surface area contributed by atoms with Crippen LogP contribution in [0.4, 0.5) is 0 Å². The smallest absolute Gasteiger partial charge is 0.276 e. The molecule has 3 rings (SSSR count). The van der Waals surface area contributed by atoms with E-state index in [9.17, 15) is 4.79 Å². The quantitative estimate of drug-likeness (QED) is 0.630. The Labute approximate surface area is 155 Å². The Hall–Kier alpha value is -2.87. The van der Waals surface area contributed by atoms with E-state index in [1.807, 2.05) is 12.3 Å². The molecule has 0 bridgehead atoms. The lowest BCUT2D eigenvalue weighted by Crippen LogP contribution is -2.29. The summed E-state index contributed by atoms with van der Waals surface area (Å²) in [6.07, 6.45) is 3.07. The average Bonchev–Trinajstić information content (AvgIpc) is 3.37. The van der Waals surface area contributed by atoms with Crippen LogP contribution in [0.15, 0.2) is 46.5 Å². The van der Waals surface area contributed by atoms with Crippen LogP contribution in [-0.4, -0.2) is 34.9 Å². The summed E-state index contributed by atoms with van der Waals surface area (Å²) in [5, 5.41) is 2.75. The summed E-state index contributed by atoms with van der Waals surface area (Å²) < 4.78 is 16.1. The molecule has 2 heterocycles. The van der Waals surface area contributed by atoms with Crippen LogP contribution in [-0.2, 0) is 6.61 Å². The predicted octanol–water partition coefficient (Wildman–Crippen LogP) is 3.55. The summed E-state index contributed by atoms with van der Waals surface area (Å²) in [4.78, 5) is 22.6. The third kappa shape index (κ3) is 4.02. The molecule has 0 radical (unpaired) electrons. The number of benzene rings is 1. The van der Waals surface area contributed by atoms with Crippen molar-refractivity contribution in [1.29, 1.82) is 0 Å². The number of amides is 1. The Morgan fingerprint density at radius 3 is 2.69 bits per heavy atom. The second-order valence-electron chi connectivity index (χ2n) is 5.55. The predicted molar refractivity (Wildman–Crippen MR) is 96.5 cm³/mol. The molecule has 3 aromatic rings. The van der Waals surface area contributed by atoms with Crippen LogP contribution in [0.5, 0.6) is 11.5 Å². The van der Waals surface area contributed by atoms with Crippen LogP contribution in [0.25, 0.3) is 0 Å². The van der Waals surface area contributed by atoms with Crippen molar-refractivity contribution in [1.82, 2.24) is 14.9 Å². The van der Waals surface area contributed by atoms with Crippen LogP contribution in [0.1, 0.15) is 34.4 Å². The van der Waals surface area contributed by atoms with Crippen LogP contribution < -0.4 is 9.47 Å². The molecule has 26 heavy (non-hydrogen) atoms. The number of ether oxygens (including phenoxy) is 2. The first-order valence-electron chi connectivity index (χ1n) is 7.96. The molecule has 0 spiro atoms. The summed E-state index contributed by atoms with van der Waals surface area (Å²) in [7, 11) is 3.32. The van der Waals surface area contributed by atoms with Crippen LogP contribution in [0.3, 0.4) is 0 Å². The molecule has 0 aliphatic rings. The number of methoxy groups -OCH3 is 1. The van der Waals surface area contributed by atoms with E-state index >= 15 is 0 Å². The number of hydrogen-bond donors (Lipinski definition) is 0. The third-order valence-corrected chi connectivity index (χ3v) is 4.85. The van der Waals surface area contributed by atoms with Gasteiger partial charge in [0, 0.05) is 18.6 Å². The number of thiazole rings is 1. The second-order valence-corrected chi connectivity index (χ2v) is 6.48. The molecular formula is C18H19N3O4S. The third-order valence-electron chi connectivity index (χ3n) is 3.90. The molecule has 2 aromatic heterocycles. The Kier molecular flexibility index (Phi) is 5.52. The van der Waals surface area contributed by atoms with Crippen molar-refractivity contribution in [2.24, 2.45) is 0 Å². The van der Waals surface area contributed by atoms with Crippen LogP contribution in [0, 0.1) is 0 Å². The zero-order chi connectivity index (χ0) is 18.5. The molecule has 0 N–H and O–H groups in total. The lowest BCUT2D eigenvalue weighted by molar-refractivity contribution is 0.0736. The zero-order valence-electron chi connectivity index (χ0n) is 14.7. The summed E-state index contributed by atoms with van der Waals surface area (Å²) in [6, 6.07) is 7.04. The summed E-state index contributed by atoms with van der Waals surface area (Å²) in [5.41, 5.74) is 0.240. The van der Waals surface area contributed by atoms with Crippen LogP contribution in [0.2, 0.25) is 0 Å². The van der Waals surface area contributed by atoms with Crippen molar-refractivity contribution in [3.05, 3.63) is 58.7 Å². The highest BCUT2D eigenvalue weighted by molar-refractivity contribution is 7.09. The number of hydrogen-bond acceptors (Lipinski definition) is 7. The van der Waals surface area contributed by atoms with E-state index < -0.39 is 0 Å². The molecule has 0 fully saturated rings. The second kappa shape index (κ2) is 8.01. The van der Waals surface area contributed by atoms with Gasteiger partial charge in [0.1, 0.15) is 22.8 Å². The van der Waals surface area contributed by atoms with Crippen molar-refractivity contribution < 1.29 is 18.7 Å². The number of nitrogens with zero attached hydrogens (tertiary/aromatic N) is 3. The van der Waals surface area contributed by atoms with Gasteiger partial charge in [-0.25, -0.2) is 9.97 Å². The highest BCUT2D eigenvalue weighted by atomic mass is 32.1. The average molecular weight is 373 g/mol. The van der Waals surface area contributed by atoms with Crippen molar-refractivity contribution >= 4 is 17.2 Å². The van der Waals surface area contributed by atoms with Gasteiger partial charge in [-0.3, -0.25) is 4.79 Å². The molecule has 0 saturated carbocycles. The van der Waals surface area contributed by atoms with E-state index in [-0.39, 0.29) is 24.2 Å². The number of carbonyl (C=O) groups excluding carboxylic acids is 1. The van der Waals surface area contributed by atoms with Gasteiger partial charge in [0.05, 0.1) is 13.2 Å². The molecule has 7 nitrogen and oxygen atoms in total. The van der Waals surface area contributed by atoms with Gasteiger partial charge < -0.3 is 18.8 Å². The molecule has 1 aromatic carbocycles. The van der Waals surface area contributed by atoms with E-state index in [0.717, 1.165) is 10.8 Å². The number of carbonyl (C=O) groups is 1. The molecule has 0 aliphatic heterocycles. The van der Waals surface area contributed by atoms with Crippen LogP contribution >= 0.6 is 11.3 Å². The van der Waals surface area contributed by atoms with Gasteiger partial charge >= 0.3 is 0 Å².